The Hall–Kier alpha value is -1.36. The molecule has 1 aliphatic carbocycles. The molecule has 1 N–H and O–H groups in total. The van der Waals surface area contributed by atoms with Gasteiger partial charge in [-0.15, -0.1) is 0 Å². The van der Waals surface area contributed by atoms with Gasteiger partial charge < -0.3 is 10.0 Å². The van der Waals surface area contributed by atoms with E-state index in [1.54, 1.807) is 9.58 Å². The van der Waals surface area contributed by atoms with E-state index in [1.807, 2.05) is 13.2 Å². The number of carbonyl (C=O) groups is 1. The largest absolute Gasteiger partial charge is 0.394 e. The summed E-state index contributed by atoms with van der Waals surface area (Å²) >= 11 is 0. The second-order valence-corrected chi connectivity index (χ2v) is 6.06. The second-order valence-electron chi connectivity index (χ2n) is 6.06. The number of amides is 1. The summed E-state index contributed by atoms with van der Waals surface area (Å²) in [5.41, 5.74) is 1.72. The van der Waals surface area contributed by atoms with Crippen molar-refractivity contribution >= 4 is 5.91 Å². The highest BCUT2D eigenvalue weighted by Gasteiger charge is 2.35. The van der Waals surface area contributed by atoms with Crippen molar-refractivity contribution in [2.45, 2.75) is 50.5 Å². The first kappa shape index (κ1) is 13.6. The predicted octanol–water partition coefficient (Wildman–Crippen LogP) is 1.67. The van der Waals surface area contributed by atoms with E-state index in [4.69, 9.17) is 0 Å². The average Bonchev–Trinajstić information content (AvgIpc) is 2.81. The van der Waals surface area contributed by atoms with E-state index >= 15 is 0 Å². The first-order valence-electron chi connectivity index (χ1n) is 7.66. The SMILES string of the molecule is Cn1cc(C(=O)N2CCC2CO)c(C2CCCCC2)n1. The predicted molar refractivity (Wildman–Crippen MR) is 75.6 cm³/mol. The van der Waals surface area contributed by atoms with Gasteiger partial charge in [-0.1, -0.05) is 19.3 Å². The highest BCUT2D eigenvalue weighted by Crippen LogP contribution is 2.34. The zero-order chi connectivity index (χ0) is 14.1. The zero-order valence-corrected chi connectivity index (χ0v) is 12.1. The summed E-state index contributed by atoms with van der Waals surface area (Å²) in [7, 11) is 1.88. The fraction of sp³-hybridized carbons (Fsp3) is 0.733. The number of hydrogen-bond acceptors (Lipinski definition) is 3. The fourth-order valence-electron chi connectivity index (χ4n) is 3.40. The van der Waals surface area contributed by atoms with Gasteiger partial charge in [0.15, 0.2) is 0 Å². The molecule has 5 nitrogen and oxygen atoms in total. The molecule has 1 atom stereocenters. The summed E-state index contributed by atoms with van der Waals surface area (Å²) in [5, 5.41) is 13.8. The summed E-state index contributed by atoms with van der Waals surface area (Å²) in [6.45, 7) is 0.813. The molecule has 1 unspecified atom stereocenters. The Labute approximate surface area is 119 Å². The Morgan fingerprint density at radius 2 is 2.10 bits per heavy atom. The normalized spacial score (nSPS) is 23.7. The summed E-state index contributed by atoms with van der Waals surface area (Å²) in [6, 6.07) is 0.00177. The van der Waals surface area contributed by atoms with Crippen LogP contribution in [-0.4, -0.2) is 44.9 Å². The molecule has 0 radical (unpaired) electrons. The van der Waals surface area contributed by atoms with Gasteiger partial charge >= 0.3 is 0 Å². The molecule has 20 heavy (non-hydrogen) atoms. The molecule has 1 aliphatic heterocycles. The average molecular weight is 277 g/mol. The zero-order valence-electron chi connectivity index (χ0n) is 12.1. The Morgan fingerprint density at radius 3 is 2.70 bits per heavy atom. The van der Waals surface area contributed by atoms with Gasteiger partial charge in [0.1, 0.15) is 0 Å². The number of rotatable bonds is 3. The summed E-state index contributed by atoms with van der Waals surface area (Å²) < 4.78 is 1.75. The van der Waals surface area contributed by atoms with Crippen LogP contribution in [0.4, 0.5) is 0 Å². The molecule has 1 aromatic rings. The van der Waals surface area contributed by atoms with Crippen LogP contribution in [0.15, 0.2) is 6.20 Å². The Balaban J connectivity index is 1.83. The van der Waals surface area contributed by atoms with E-state index in [0.717, 1.165) is 37.1 Å². The van der Waals surface area contributed by atoms with Crippen LogP contribution in [0.2, 0.25) is 0 Å². The van der Waals surface area contributed by atoms with Crippen molar-refractivity contribution in [1.29, 1.82) is 0 Å². The monoisotopic (exact) mass is 277 g/mol. The second kappa shape index (κ2) is 5.56. The van der Waals surface area contributed by atoms with E-state index in [-0.39, 0.29) is 18.6 Å². The topological polar surface area (TPSA) is 58.4 Å². The van der Waals surface area contributed by atoms with Crippen molar-refractivity contribution in [1.82, 2.24) is 14.7 Å². The number of aliphatic hydroxyl groups is 1. The molecular weight excluding hydrogens is 254 g/mol. The number of nitrogens with zero attached hydrogens (tertiary/aromatic N) is 3. The molecular formula is C15H23N3O2. The Morgan fingerprint density at radius 1 is 1.35 bits per heavy atom. The van der Waals surface area contributed by atoms with E-state index < -0.39 is 0 Å². The molecule has 2 fully saturated rings. The van der Waals surface area contributed by atoms with Crippen molar-refractivity contribution < 1.29 is 9.90 Å². The number of aliphatic hydroxyl groups excluding tert-OH is 1. The van der Waals surface area contributed by atoms with Gasteiger partial charge in [0.25, 0.3) is 5.91 Å². The van der Waals surface area contributed by atoms with Gasteiger partial charge in [0, 0.05) is 25.7 Å². The third-order valence-electron chi connectivity index (χ3n) is 4.70. The molecule has 0 bridgehead atoms. The van der Waals surface area contributed by atoms with Gasteiger partial charge in [-0.05, 0) is 19.3 Å². The van der Waals surface area contributed by atoms with E-state index in [1.165, 1.54) is 19.3 Å². The van der Waals surface area contributed by atoms with Gasteiger partial charge in [0.05, 0.1) is 23.9 Å². The first-order chi connectivity index (χ1) is 9.70. The maximum Gasteiger partial charge on any atom is 0.257 e. The van der Waals surface area contributed by atoms with Crippen LogP contribution in [0.3, 0.4) is 0 Å². The lowest BCUT2D eigenvalue weighted by Gasteiger charge is -2.40. The highest BCUT2D eigenvalue weighted by molar-refractivity contribution is 5.96. The molecule has 2 aliphatic rings. The Bertz CT molecular complexity index is 489. The number of carbonyl (C=O) groups excluding carboxylic acids is 1. The lowest BCUT2D eigenvalue weighted by molar-refractivity contribution is 0.0294. The smallest absolute Gasteiger partial charge is 0.257 e. The molecule has 1 aromatic heterocycles. The molecule has 1 saturated carbocycles. The number of hydrogen-bond donors (Lipinski definition) is 1. The van der Waals surface area contributed by atoms with Crippen LogP contribution in [0.25, 0.3) is 0 Å². The molecule has 2 heterocycles. The third kappa shape index (κ3) is 2.35. The van der Waals surface area contributed by atoms with Crippen LogP contribution in [0.5, 0.6) is 0 Å². The maximum atomic E-state index is 12.6. The quantitative estimate of drug-likeness (QED) is 0.914. The van der Waals surface area contributed by atoms with Crippen LogP contribution >= 0.6 is 0 Å². The Kier molecular flexibility index (Phi) is 3.78. The van der Waals surface area contributed by atoms with Gasteiger partial charge in [-0.3, -0.25) is 9.48 Å². The molecule has 110 valence electrons. The lowest BCUT2D eigenvalue weighted by atomic mass is 9.85. The van der Waals surface area contributed by atoms with Crippen molar-refractivity contribution in [3.8, 4) is 0 Å². The van der Waals surface area contributed by atoms with Crippen LogP contribution < -0.4 is 0 Å². The lowest BCUT2D eigenvalue weighted by Crippen LogP contribution is -2.53. The number of likely N-dealkylation sites (tertiary alicyclic amines) is 1. The summed E-state index contributed by atoms with van der Waals surface area (Å²) in [6.07, 6.45) is 8.79. The van der Waals surface area contributed by atoms with E-state index in [9.17, 15) is 9.90 Å². The van der Waals surface area contributed by atoms with Crippen LogP contribution in [0, 0.1) is 0 Å². The van der Waals surface area contributed by atoms with E-state index in [0.29, 0.717) is 5.92 Å². The minimum absolute atomic E-state index is 0.00177. The minimum atomic E-state index is 0.00177. The number of aryl methyl sites for hydroxylation is 1. The van der Waals surface area contributed by atoms with Crippen LogP contribution in [0.1, 0.15) is 60.5 Å². The van der Waals surface area contributed by atoms with Crippen LogP contribution in [-0.2, 0) is 7.05 Å². The molecule has 1 amide bonds. The van der Waals surface area contributed by atoms with Crippen molar-refractivity contribution in [3.05, 3.63) is 17.5 Å². The van der Waals surface area contributed by atoms with Crippen molar-refractivity contribution in [2.24, 2.45) is 7.05 Å². The molecule has 5 heteroatoms. The minimum Gasteiger partial charge on any atom is -0.394 e. The van der Waals surface area contributed by atoms with E-state index in [2.05, 4.69) is 5.10 Å². The summed E-state index contributed by atoms with van der Waals surface area (Å²) in [5.74, 6) is 0.474. The summed E-state index contributed by atoms with van der Waals surface area (Å²) in [4.78, 5) is 14.4. The van der Waals surface area contributed by atoms with Gasteiger partial charge in [-0.2, -0.15) is 5.10 Å². The molecule has 1 saturated heterocycles. The highest BCUT2D eigenvalue weighted by atomic mass is 16.3. The van der Waals surface area contributed by atoms with Gasteiger partial charge in [0.2, 0.25) is 0 Å². The van der Waals surface area contributed by atoms with Gasteiger partial charge in [-0.25, -0.2) is 0 Å². The van der Waals surface area contributed by atoms with Crippen molar-refractivity contribution in [3.63, 3.8) is 0 Å². The first-order valence-corrected chi connectivity index (χ1v) is 7.66. The molecule has 3 rings (SSSR count). The fourth-order valence-corrected chi connectivity index (χ4v) is 3.40. The molecule has 0 spiro atoms. The standard InChI is InChI=1S/C15H23N3O2/c1-17-9-13(15(20)18-8-7-12(18)10-19)14(16-17)11-5-3-2-4-6-11/h9,11-12,19H,2-8,10H2,1H3. The maximum absolute atomic E-state index is 12.6. The number of aromatic nitrogens is 2. The van der Waals surface area contributed by atoms with Crippen molar-refractivity contribution in [2.75, 3.05) is 13.2 Å². The molecule has 0 aromatic carbocycles. The third-order valence-corrected chi connectivity index (χ3v) is 4.70.